The molecule has 0 unspecified atom stereocenters. The molecule has 1 saturated heterocycles. The lowest BCUT2D eigenvalue weighted by molar-refractivity contribution is -0.0214. The normalized spacial score (nSPS) is 27.3. The van der Waals surface area contributed by atoms with Gasteiger partial charge in [0.25, 0.3) is 0 Å². The number of aromatic nitrogens is 4. The third kappa shape index (κ3) is 1.69. The van der Waals surface area contributed by atoms with Gasteiger partial charge in [-0.2, -0.15) is 9.85 Å². The van der Waals surface area contributed by atoms with E-state index in [1.54, 1.807) is 0 Å². The van der Waals surface area contributed by atoms with Crippen molar-refractivity contribution in [2.45, 2.75) is 18.4 Å². The summed E-state index contributed by atoms with van der Waals surface area (Å²) in [4.78, 5) is 17.0. The van der Waals surface area contributed by atoms with Crippen LogP contribution in [0, 0.1) is 0 Å². The minimum absolute atomic E-state index is 0.191. The Balaban J connectivity index is 2.04. The van der Waals surface area contributed by atoms with Crippen molar-refractivity contribution in [3.8, 4) is 0 Å². The largest absolute Gasteiger partial charge is 0.393 e. The van der Waals surface area contributed by atoms with Crippen LogP contribution in [0.1, 0.15) is 0 Å². The van der Waals surface area contributed by atoms with Gasteiger partial charge in [0.2, 0.25) is 0 Å². The minimum Gasteiger partial charge on any atom is -0.393 e. The van der Waals surface area contributed by atoms with E-state index in [-0.39, 0.29) is 5.82 Å². The maximum atomic E-state index is 9.88. The topological polar surface area (TPSA) is 143 Å². The molecule has 3 rings (SSSR count). The Morgan fingerprint density at radius 2 is 2.11 bits per heavy atom. The Kier molecular flexibility index (Phi) is 2.71. The molecule has 0 amide bonds. The van der Waals surface area contributed by atoms with E-state index < -0.39 is 25.0 Å². The van der Waals surface area contributed by atoms with Gasteiger partial charge in [-0.3, -0.25) is 0 Å². The van der Waals surface area contributed by atoms with Gasteiger partial charge in [0.15, 0.2) is 23.2 Å². The quantitative estimate of drug-likeness (QED) is 0.458. The van der Waals surface area contributed by atoms with Crippen LogP contribution in [0.3, 0.4) is 0 Å². The van der Waals surface area contributed by atoms with Gasteiger partial charge in [-0.25, -0.2) is 19.8 Å². The first-order chi connectivity index (χ1) is 9.13. The number of nitrogen functional groups attached to an aromatic ring is 1. The van der Waals surface area contributed by atoms with Gasteiger partial charge < -0.3 is 21.1 Å². The van der Waals surface area contributed by atoms with Gasteiger partial charge in [0, 0.05) is 0 Å². The number of anilines is 1. The van der Waals surface area contributed by atoms with Crippen molar-refractivity contribution in [3.63, 3.8) is 0 Å². The number of fused-ring (bicyclic) bond motifs is 1. The van der Waals surface area contributed by atoms with Gasteiger partial charge >= 0.3 is 0 Å². The van der Waals surface area contributed by atoms with Crippen molar-refractivity contribution in [2.75, 3.05) is 17.5 Å². The second-order valence-corrected chi connectivity index (χ2v) is 4.05. The molecule has 19 heavy (non-hydrogen) atoms. The Labute approximate surface area is 106 Å². The lowest BCUT2D eigenvalue weighted by Crippen LogP contribution is -2.41. The van der Waals surface area contributed by atoms with E-state index in [4.69, 9.17) is 15.7 Å². The third-order valence-electron chi connectivity index (χ3n) is 2.89. The molecule has 0 spiro atoms. The number of imidazole rings is 1. The summed E-state index contributed by atoms with van der Waals surface area (Å²) in [5.74, 6) is 0.191. The first-order valence-electron chi connectivity index (χ1n) is 5.50. The summed E-state index contributed by atoms with van der Waals surface area (Å²) in [5, 5.41) is 29.6. The van der Waals surface area contributed by atoms with Crippen molar-refractivity contribution in [1.82, 2.24) is 19.6 Å². The molecule has 10 nitrogen and oxygen atoms in total. The van der Waals surface area contributed by atoms with Crippen LogP contribution in [0.4, 0.5) is 5.82 Å². The maximum Gasteiger partial charge on any atom is 0.198 e. The summed E-state index contributed by atoms with van der Waals surface area (Å²) in [6, 6.07) is 0. The van der Waals surface area contributed by atoms with Crippen molar-refractivity contribution in [2.24, 2.45) is 0 Å². The molecule has 3 heterocycles. The summed E-state index contributed by atoms with van der Waals surface area (Å²) in [5.41, 5.74) is 6.31. The second-order valence-electron chi connectivity index (χ2n) is 4.05. The molecule has 5 N–H and O–H groups in total. The standard InChI is InChI=1S/C9H12N6O4/c10-7-5-8(12-2-11-7)14(3-13-5)15-9(18)6(17)4(1-16)19-15/h2-4,6,9,16-18H,1H2,(H2,10,11,12)/t4-,6-,9-/m1/s1. The van der Waals surface area contributed by atoms with E-state index in [9.17, 15) is 10.2 Å². The number of aliphatic hydroxyl groups excluding tert-OH is 3. The van der Waals surface area contributed by atoms with Crippen LogP contribution in [0.5, 0.6) is 0 Å². The molecule has 0 aromatic carbocycles. The second kappa shape index (κ2) is 4.28. The van der Waals surface area contributed by atoms with Crippen molar-refractivity contribution in [3.05, 3.63) is 12.7 Å². The summed E-state index contributed by atoms with van der Waals surface area (Å²) in [7, 11) is 0. The van der Waals surface area contributed by atoms with Gasteiger partial charge in [0.05, 0.1) is 6.61 Å². The number of hydrogen-bond donors (Lipinski definition) is 4. The molecule has 0 bridgehead atoms. The Bertz CT molecular complexity index is 603. The summed E-state index contributed by atoms with van der Waals surface area (Å²) in [6.45, 7) is -0.432. The zero-order valence-electron chi connectivity index (χ0n) is 9.66. The number of nitrogens with two attached hydrogens (primary N) is 1. The van der Waals surface area contributed by atoms with Crippen LogP contribution in [0.25, 0.3) is 11.2 Å². The van der Waals surface area contributed by atoms with E-state index >= 15 is 0 Å². The molecular weight excluding hydrogens is 256 g/mol. The van der Waals surface area contributed by atoms with Gasteiger partial charge in [0.1, 0.15) is 24.9 Å². The summed E-state index contributed by atoms with van der Waals surface area (Å²) < 4.78 is 1.29. The molecule has 1 fully saturated rings. The summed E-state index contributed by atoms with van der Waals surface area (Å²) in [6.07, 6.45) is -0.956. The highest BCUT2D eigenvalue weighted by molar-refractivity contribution is 5.81. The molecule has 0 aliphatic carbocycles. The fourth-order valence-corrected chi connectivity index (χ4v) is 1.89. The number of rotatable bonds is 2. The predicted molar refractivity (Wildman–Crippen MR) is 61.9 cm³/mol. The van der Waals surface area contributed by atoms with Gasteiger partial charge in [-0.1, -0.05) is 0 Å². The van der Waals surface area contributed by atoms with Crippen molar-refractivity contribution < 1.29 is 20.2 Å². The molecule has 10 heteroatoms. The molecule has 0 saturated carbocycles. The first kappa shape index (κ1) is 12.0. The van der Waals surface area contributed by atoms with Crippen LogP contribution < -0.4 is 10.9 Å². The van der Waals surface area contributed by atoms with Crippen LogP contribution >= 0.6 is 0 Å². The van der Waals surface area contributed by atoms with E-state index in [1.165, 1.54) is 17.3 Å². The Morgan fingerprint density at radius 1 is 1.32 bits per heavy atom. The van der Waals surface area contributed by atoms with Crippen molar-refractivity contribution >= 4 is 17.0 Å². The van der Waals surface area contributed by atoms with Crippen molar-refractivity contribution in [1.29, 1.82) is 0 Å². The highest BCUT2D eigenvalue weighted by Crippen LogP contribution is 2.22. The number of aliphatic hydroxyl groups is 3. The van der Waals surface area contributed by atoms with E-state index in [2.05, 4.69) is 15.0 Å². The molecule has 1 aliphatic heterocycles. The zero-order chi connectivity index (χ0) is 13.6. The highest BCUT2D eigenvalue weighted by Gasteiger charge is 2.42. The molecule has 2 aromatic heterocycles. The van der Waals surface area contributed by atoms with Crippen LogP contribution in [0.15, 0.2) is 12.7 Å². The van der Waals surface area contributed by atoms with E-state index in [0.29, 0.717) is 11.2 Å². The molecule has 2 aromatic rings. The number of hydroxylamine groups is 1. The number of nitrogens with zero attached hydrogens (tertiary/aromatic N) is 5. The van der Waals surface area contributed by atoms with Crippen LogP contribution in [0.2, 0.25) is 0 Å². The first-order valence-corrected chi connectivity index (χ1v) is 5.50. The SMILES string of the molecule is Nc1ncnc2c1ncn2N1O[C@H](CO)[C@@H](O)[C@H]1O. The highest BCUT2D eigenvalue weighted by atomic mass is 16.8. The fourth-order valence-electron chi connectivity index (χ4n) is 1.89. The molecule has 3 atom stereocenters. The predicted octanol–water partition coefficient (Wildman–Crippen LogP) is -2.67. The molecular formula is C9H12N6O4. The monoisotopic (exact) mass is 268 g/mol. The number of hydrogen-bond acceptors (Lipinski definition) is 9. The van der Waals surface area contributed by atoms with Crippen LogP contribution in [-0.4, -0.2) is 60.0 Å². The zero-order valence-corrected chi connectivity index (χ0v) is 9.66. The third-order valence-corrected chi connectivity index (χ3v) is 2.89. The maximum absolute atomic E-state index is 9.88. The summed E-state index contributed by atoms with van der Waals surface area (Å²) >= 11 is 0. The van der Waals surface area contributed by atoms with Crippen LogP contribution in [-0.2, 0) is 4.84 Å². The lowest BCUT2D eigenvalue weighted by atomic mass is 10.2. The average molecular weight is 268 g/mol. The minimum atomic E-state index is -1.36. The fraction of sp³-hybridized carbons (Fsp3) is 0.444. The Morgan fingerprint density at radius 3 is 2.79 bits per heavy atom. The molecule has 1 aliphatic rings. The smallest absolute Gasteiger partial charge is 0.198 e. The van der Waals surface area contributed by atoms with E-state index in [1.807, 2.05) is 0 Å². The van der Waals surface area contributed by atoms with Gasteiger partial charge in [-0.15, -0.1) is 0 Å². The molecule has 0 radical (unpaired) electrons. The Hall–Kier alpha value is -2.01. The van der Waals surface area contributed by atoms with E-state index in [0.717, 1.165) is 5.17 Å². The molecule has 102 valence electrons. The van der Waals surface area contributed by atoms with Gasteiger partial charge in [-0.05, 0) is 0 Å². The average Bonchev–Trinajstić information content (AvgIpc) is 2.94. The lowest BCUT2D eigenvalue weighted by Gasteiger charge is -2.21.